The standard InChI is InChI=1S/C47H54N8O7S/c1-27(2)38(52-45(58)60-3)42(56)55-26-47(15-16-47)23-37(55)40-48-25-36(50-40)34-12-11-32-21-31(9-10-33(32)22-34)28-5-7-29(8-6-28)35-24-49-41(51-35)44-54(17-20-63-44)43(57)39(53-46(59)61-4)30-13-18-62-19-14-30/h5-12,21-22,24-25,27,30,37-39,44H,13-20,23,26H2,1-4H3,(H,48,50)(H,49,51)(H,52,58)(H,53,59). The Balaban J connectivity index is 0.875. The van der Waals surface area contributed by atoms with E-state index in [-0.39, 0.29) is 40.5 Å². The molecule has 3 aliphatic heterocycles. The van der Waals surface area contributed by atoms with Gasteiger partial charge in [-0.25, -0.2) is 19.6 Å². The maximum atomic E-state index is 14.0. The van der Waals surface area contributed by atoms with E-state index in [9.17, 15) is 19.2 Å². The first-order valence-corrected chi connectivity index (χ1v) is 22.8. The van der Waals surface area contributed by atoms with Crippen LogP contribution in [0.2, 0.25) is 0 Å². The minimum absolute atomic E-state index is 0.0358. The summed E-state index contributed by atoms with van der Waals surface area (Å²) in [5.74, 6) is 1.83. The smallest absolute Gasteiger partial charge is 0.407 e. The van der Waals surface area contributed by atoms with Crippen LogP contribution >= 0.6 is 11.8 Å². The first kappa shape index (κ1) is 42.4. The summed E-state index contributed by atoms with van der Waals surface area (Å²) in [7, 11) is 2.61. The third-order valence-corrected chi connectivity index (χ3v) is 14.4. The van der Waals surface area contributed by atoms with E-state index in [4.69, 9.17) is 24.2 Å². The van der Waals surface area contributed by atoms with Crippen LogP contribution in [0.15, 0.2) is 73.1 Å². The van der Waals surface area contributed by atoms with Crippen molar-refractivity contribution in [3.8, 4) is 33.6 Å². The number of H-pyrrole nitrogens is 2. The maximum Gasteiger partial charge on any atom is 0.407 e. The van der Waals surface area contributed by atoms with Crippen LogP contribution in [0.5, 0.6) is 0 Å². The highest BCUT2D eigenvalue weighted by atomic mass is 32.2. The van der Waals surface area contributed by atoms with Crippen molar-refractivity contribution in [3.05, 3.63) is 84.7 Å². The average molecular weight is 875 g/mol. The molecule has 1 spiro atoms. The van der Waals surface area contributed by atoms with Crippen LogP contribution in [0.25, 0.3) is 44.4 Å². The Bertz CT molecular complexity index is 2490. The summed E-state index contributed by atoms with van der Waals surface area (Å²) in [6.07, 6.45) is 6.81. The van der Waals surface area contributed by atoms with Crippen molar-refractivity contribution in [2.24, 2.45) is 17.3 Å². The molecule has 4 fully saturated rings. The quantitative estimate of drug-likeness (QED) is 0.104. The third-order valence-electron chi connectivity index (χ3n) is 13.2. The van der Waals surface area contributed by atoms with Crippen LogP contribution in [-0.4, -0.2) is 112 Å². The second-order valence-electron chi connectivity index (χ2n) is 17.6. The van der Waals surface area contributed by atoms with E-state index in [2.05, 4.69) is 81.3 Å². The second-order valence-corrected chi connectivity index (χ2v) is 18.8. The van der Waals surface area contributed by atoms with Gasteiger partial charge in [0, 0.05) is 37.6 Å². The Morgan fingerprint density at radius 3 is 2.06 bits per heavy atom. The number of aromatic amines is 2. The second kappa shape index (κ2) is 17.7. The van der Waals surface area contributed by atoms with Gasteiger partial charge in [0.05, 0.1) is 44.0 Å². The van der Waals surface area contributed by atoms with Gasteiger partial charge in [-0.15, -0.1) is 11.8 Å². The first-order chi connectivity index (χ1) is 30.5. The number of nitrogens with zero attached hydrogens (tertiary/aromatic N) is 4. The lowest BCUT2D eigenvalue weighted by molar-refractivity contribution is -0.136. The van der Waals surface area contributed by atoms with Crippen molar-refractivity contribution in [1.82, 2.24) is 40.4 Å². The Hall–Kier alpha value is -5.87. The molecule has 5 heterocycles. The molecule has 3 saturated heterocycles. The minimum atomic E-state index is -0.697. The van der Waals surface area contributed by atoms with Crippen LogP contribution in [0.1, 0.15) is 69.0 Å². The number of carbonyl (C=O) groups is 4. The van der Waals surface area contributed by atoms with Gasteiger partial charge in [-0.05, 0) is 89.0 Å². The molecule has 9 rings (SSSR count). The molecule has 4 unspecified atom stereocenters. The van der Waals surface area contributed by atoms with Crippen LogP contribution in [-0.2, 0) is 23.8 Å². The van der Waals surface area contributed by atoms with E-state index in [0.717, 1.165) is 75.3 Å². The molecule has 0 radical (unpaired) electrons. The Labute approximate surface area is 370 Å². The summed E-state index contributed by atoms with van der Waals surface area (Å²) in [5, 5.41) is 7.46. The summed E-state index contributed by atoms with van der Waals surface area (Å²) in [4.78, 5) is 72.6. The van der Waals surface area contributed by atoms with Gasteiger partial charge in [0.2, 0.25) is 11.8 Å². The van der Waals surface area contributed by atoms with Crippen molar-refractivity contribution < 1.29 is 33.4 Å². The molecule has 3 aromatic carbocycles. The summed E-state index contributed by atoms with van der Waals surface area (Å²) in [6.45, 7) is 6.17. The van der Waals surface area contributed by atoms with Gasteiger partial charge >= 0.3 is 12.2 Å². The number of hydrogen-bond donors (Lipinski definition) is 4. The largest absolute Gasteiger partial charge is 0.453 e. The lowest BCUT2D eigenvalue weighted by Gasteiger charge is -2.33. The molecule has 5 aromatic rings. The predicted octanol–water partition coefficient (Wildman–Crippen LogP) is 7.45. The number of hydrogen-bond acceptors (Lipinski definition) is 10. The van der Waals surface area contributed by atoms with Gasteiger partial charge in [0.25, 0.3) is 0 Å². The van der Waals surface area contributed by atoms with Gasteiger partial charge in [0.15, 0.2) is 0 Å². The number of imidazole rings is 2. The van der Waals surface area contributed by atoms with Crippen molar-refractivity contribution in [2.75, 3.05) is 46.3 Å². The molecule has 4 amide bonds. The molecule has 63 heavy (non-hydrogen) atoms. The van der Waals surface area contributed by atoms with Gasteiger partial charge in [-0.1, -0.05) is 62.4 Å². The number of alkyl carbamates (subject to hydrolysis) is 2. The average Bonchev–Trinajstić information content (AvgIpc) is 3.85. The summed E-state index contributed by atoms with van der Waals surface area (Å²) in [5.41, 5.74) is 6.00. The fourth-order valence-electron chi connectivity index (χ4n) is 9.36. The lowest BCUT2D eigenvalue weighted by atomic mass is 9.90. The van der Waals surface area contributed by atoms with Gasteiger partial charge < -0.3 is 44.6 Å². The molecule has 16 heteroatoms. The highest BCUT2D eigenvalue weighted by Gasteiger charge is 2.55. The van der Waals surface area contributed by atoms with Crippen LogP contribution in [0, 0.1) is 17.3 Å². The summed E-state index contributed by atoms with van der Waals surface area (Å²) < 4.78 is 15.2. The number of benzene rings is 3. The van der Waals surface area contributed by atoms with Crippen LogP contribution in [0.4, 0.5) is 9.59 Å². The molecule has 2 aromatic heterocycles. The number of amides is 4. The highest BCUT2D eigenvalue weighted by Crippen LogP contribution is 2.58. The van der Waals surface area contributed by atoms with Crippen molar-refractivity contribution in [3.63, 3.8) is 0 Å². The molecule has 4 aliphatic rings. The van der Waals surface area contributed by atoms with Crippen molar-refractivity contribution >= 4 is 46.5 Å². The monoisotopic (exact) mass is 874 g/mol. The number of likely N-dealkylation sites (tertiary alicyclic amines) is 1. The van der Waals surface area contributed by atoms with Gasteiger partial charge in [-0.3, -0.25) is 9.59 Å². The maximum absolute atomic E-state index is 14.0. The number of ether oxygens (including phenoxy) is 3. The molecular formula is C47H54N8O7S. The fraction of sp³-hybridized carbons (Fsp3) is 0.447. The summed E-state index contributed by atoms with van der Waals surface area (Å²) in [6, 6.07) is 19.6. The molecule has 330 valence electrons. The number of rotatable bonds is 11. The number of aromatic nitrogens is 4. The number of methoxy groups -OCH3 is 2. The molecule has 1 saturated carbocycles. The zero-order valence-corrected chi connectivity index (χ0v) is 36.8. The van der Waals surface area contributed by atoms with Crippen molar-refractivity contribution in [2.45, 2.75) is 69.5 Å². The van der Waals surface area contributed by atoms with E-state index >= 15 is 0 Å². The zero-order valence-electron chi connectivity index (χ0n) is 36.0. The van der Waals surface area contributed by atoms with E-state index in [1.807, 2.05) is 36.0 Å². The minimum Gasteiger partial charge on any atom is -0.453 e. The topological polar surface area (TPSA) is 184 Å². The molecule has 4 atom stereocenters. The Morgan fingerprint density at radius 2 is 1.38 bits per heavy atom. The van der Waals surface area contributed by atoms with Gasteiger partial charge in [-0.2, -0.15) is 0 Å². The lowest BCUT2D eigenvalue weighted by Crippen LogP contribution is -2.53. The van der Waals surface area contributed by atoms with E-state index in [1.165, 1.54) is 14.2 Å². The zero-order chi connectivity index (χ0) is 43.8. The first-order valence-electron chi connectivity index (χ1n) is 21.8. The Morgan fingerprint density at radius 1 is 0.778 bits per heavy atom. The summed E-state index contributed by atoms with van der Waals surface area (Å²) >= 11 is 1.65. The van der Waals surface area contributed by atoms with E-state index < -0.39 is 24.3 Å². The van der Waals surface area contributed by atoms with E-state index in [0.29, 0.717) is 45.0 Å². The molecule has 4 N–H and O–H groups in total. The SMILES string of the molecule is COC(=O)NC(C(=O)N1CC2(CC2)CC1c1ncc(-c2ccc3cc(-c4ccc(-c5cnc(C6SCCN6C(=O)C(NC(=O)OC)C6CCOCC6)[nH]5)cc4)ccc3c2)[nH]1)C(C)C. The molecular weight excluding hydrogens is 821 g/mol. The van der Waals surface area contributed by atoms with Crippen LogP contribution in [0.3, 0.4) is 0 Å². The number of fused-ring (bicyclic) bond motifs is 1. The van der Waals surface area contributed by atoms with Crippen molar-refractivity contribution in [1.29, 1.82) is 0 Å². The normalized spacial score (nSPS) is 20.5. The third kappa shape index (κ3) is 8.75. The Kier molecular flexibility index (Phi) is 11.9. The number of thioether (sulfide) groups is 1. The molecule has 0 bridgehead atoms. The molecule has 15 nitrogen and oxygen atoms in total. The van der Waals surface area contributed by atoms with Gasteiger partial charge in [0.1, 0.15) is 29.1 Å². The molecule has 1 aliphatic carbocycles. The number of nitrogens with one attached hydrogen (secondary N) is 4. The van der Waals surface area contributed by atoms with E-state index in [1.54, 1.807) is 11.8 Å². The van der Waals surface area contributed by atoms with Crippen LogP contribution < -0.4 is 10.6 Å². The number of carbonyl (C=O) groups excluding carboxylic acids is 4. The highest BCUT2D eigenvalue weighted by molar-refractivity contribution is 7.99. The predicted molar refractivity (Wildman–Crippen MR) is 239 cm³/mol. The fourth-order valence-corrected chi connectivity index (χ4v) is 10.6.